The first kappa shape index (κ1) is 7.98. The van der Waals surface area contributed by atoms with Crippen molar-refractivity contribution in [3.8, 4) is 5.75 Å². The van der Waals surface area contributed by atoms with Gasteiger partial charge in [0.05, 0.1) is 6.61 Å². The summed E-state index contributed by atoms with van der Waals surface area (Å²) in [6.45, 7) is 2.08. The molecule has 1 radical (unpaired) electrons. The van der Waals surface area contributed by atoms with Crippen molar-refractivity contribution < 1.29 is 13.5 Å². The zero-order valence-corrected chi connectivity index (χ0v) is 6.03. The van der Waals surface area contributed by atoms with Gasteiger partial charge in [0.15, 0.2) is 11.6 Å². The highest BCUT2D eigenvalue weighted by Crippen LogP contribution is 2.16. The van der Waals surface area contributed by atoms with Crippen molar-refractivity contribution >= 4 is 0 Å². The van der Waals surface area contributed by atoms with Crippen molar-refractivity contribution in [3.05, 3.63) is 29.8 Å². The Kier molecular flexibility index (Phi) is 2.41. The lowest BCUT2D eigenvalue weighted by Gasteiger charge is -2.02. The summed E-state index contributed by atoms with van der Waals surface area (Å²) in [4.78, 5) is 0. The molecule has 1 aromatic carbocycles. The van der Waals surface area contributed by atoms with E-state index in [1.54, 1.807) is 6.92 Å². The van der Waals surface area contributed by atoms with Crippen molar-refractivity contribution in [1.29, 1.82) is 0 Å². The normalized spacial score (nSPS) is 9.73. The van der Waals surface area contributed by atoms with E-state index >= 15 is 0 Å². The first-order valence-electron chi connectivity index (χ1n) is 3.23. The number of rotatable bonds is 2. The van der Waals surface area contributed by atoms with E-state index < -0.39 is 11.6 Å². The van der Waals surface area contributed by atoms with Crippen molar-refractivity contribution in [3.63, 3.8) is 0 Å². The Balaban J connectivity index is 2.90. The van der Waals surface area contributed by atoms with Crippen molar-refractivity contribution in [2.45, 2.75) is 6.92 Å². The SMILES string of the molecule is CCOc1c[c]c(F)cc1F. The van der Waals surface area contributed by atoms with Gasteiger partial charge in [-0.2, -0.15) is 0 Å². The highest BCUT2D eigenvalue weighted by Gasteiger charge is 2.02. The van der Waals surface area contributed by atoms with Crippen LogP contribution in [-0.4, -0.2) is 6.61 Å². The minimum absolute atomic E-state index is 0.0360. The molecule has 0 unspecified atom stereocenters. The summed E-state index contributed by atoms with van der Waals surface area (Å²) in [6.07, 6.45) is 0. The van der Waals surface area contributed by atoms with E-state index in [4.69, 9.17) is 4.74 Å². The van der Waals surface area contributed by atoms with E-state index in [0.717, 1.165) is 12.1 Å². The lowest BCUT2D eigenvalue weighted by Crippen LogP contribution is -1.94. The molecule has 0 saturated heterocycles. The molecule has 0 atom stereocenters. The molecule has 0 aliphatic rings. The van der Waals surface area contributed by atoms with Gasteiger partial charge in [-0.25, -0.2) is 8.78 Å². The molecule has 0 aliphatic heterocycles. The maximum atomic E-state index is 12.7. The third-order valence-corrected chi connectivity index (χ3v) is 1.13. The summed E-state index contributed by atoms with van der Waals surface area (Å²) in [7, 11) is 0. The second-order valence-corrected chi connectivity index (χ2v) is 1.93. The van der Waals surface area contributed by atoms with Crippen LogP contribution in [0.15, 0.2) is 12.1 Å². The third-order valence-electron chi connectivity index (χ3n) is 1.13. The standard InChI is InChI=1S/C8H7F2O/c1-2-11-8-4-3-6(9)5-7(8)10/h4-5H,2H2,1H3. The molecular weight excluding hydrogens is 150 g/mol. The van der Waals surface area contributed by atoms with Gasteiger partial charge in [0.1, 0.15) is 5.82 Å². The number of hydrogen-bond donors (Lipinski definition) is 0. The average molecular weight is 157 g/mol. The maximum Gasteiger partial charge on any atom is 0.168 e. The summed E-state index contributed by atoms with van der Waals surface area (Å²) in [5.74, 6) is -1.37. The van der Waals surface area contributed by atoms with Gasteiger partial charge in [-0.05, 0) is 13.0 Å². The fourth-order valence-electron chi connectivity index (χ4n) is 0.694. The summed E-state index contributed by atoms with van der Waals surface area (Å²) >= 11 is 0. The summed E-state index contributed by atoms with van der Waals surface area (Å²) in [6, 6.07) is 4.08. The molecule has 1 nitrogen and oxygen atoms in total. The van der Waals surface area contributed by atoms with Gasteiger partial charge in [-0.1, -0.05) is 0 Å². The molecule has 0 saturated carbocycles. The van der Waals surface area contributed by atoms with Gasteiger partial charge < -0.3 is 4.74 Å². The quantitative estimate of drug-likeness (QED) is 0.639. The Morgan fingerprint density at radius 1 is 1.55 bits per heavy atom. The van der Waals surface area contributed by atoms with Crippen molar-refractivity contribution in [2.75, 3.05) is 6.61 Å². The fourth-order valence-corrected chi connectivity index (χ4v) is 0.694. The third kappa shape index (κ3) is 1.90. The molecule has 11 heavy (non-hydrogen) atoms. The topological polar surface area (TPSA) is 9.23 Å². The van der Waals surface area contributed by atoms with E-state index in [1.165, 1.54) is 0 Å². The Morgan fingerprint density at radius 2 is 2.27 bits per heavy atom. The first-order valence-corrected chi connectivity index (χ1v) is 3.23. The Labute approximate surface area is 63.6 Å². The van der Waals surface area contributed by atoms with Crippen LogP contribution in [0.3, 0.4) is 0 Å². The van der Waals surface area contributed by atoms with E-state index in [0.29, 0.717) is 6.61 Å². The van der Waals surface area contributed by atoms with Crippen LogP contribution in [0.5, 0.6) is 5.75 Å². The highest BCUT2D eigenvalue weighted by atomic mass is 19.1. The summed E-state index contributed by atoms with van der Waals surface area (Å²) < 4.78 is 29.7. The molecule has 0 amide bonds. The molecule has 0 heterocycles. The second-order valence-electron chi connectivity index (χ2n) is 1.93. The van der Waals surface area contributed by atoms with Crippen LogP contribution >= 0.6 is 0 Å². The van der Waals surface area contributed by atoms with Gasteiger partial charge >= 0.3 is 0 Å². The van der Waals surface area contributed by atoms with E-state index in [1.807, 2.05) is 0 Å². The summed E-state index contributed by atoms with van der Waals surface area (Å²) in [5.41, 5.74) is 0. The average Bonchev–Trinajstić information content (AvgIpc) is 1.95. The molecule has 59 valence electrons. The predicted octanol–water partition coefficient (Wildman–Crippen LogP) is 2.16. The molecule has 0 spiro atoms. The highest BCUT2D eigenvalue weighted by molar-refractivity contribution is 5.23. The molecule has 3 heteroatoms. The summed E-state index contributed by atoms with van der Waals surface area (Å²) in [5, 5.41) is 0. The van der Waals surface area contributed by atoms with E-state index in [-0.39, 0.29) is 5.75 Å². The van der Waals surface area contributed by atoms with Gasteiger partial charge in [-0.3, -0.25) is 0 Å². The van der Waals surface area contributed by atoms with Crippen LogP contribution in [0.25, 0.3) is 0 Å². The van der Waals surface area contributed by atoms with Gasteiger partial charge in [0.2, 0.25) is 0 Å². The van der Waals surface area contributed by atoms with Gasteiger partial charge in [0, 0.05) is 12.1 Å². The van der Waals surface area contributed by atoms with Crippen LogP contribution in [-0.2, 0) is 0 Å². The first-order chi connectivity index (χ1) is 5.24. The molecule has 0 fully saturated rings. The zero-order chi connectivity index (χ0) is 8.27. The smallest absolute Gasteiger partial charge is 0.168 e. The predicted molar refractivity (Wildman–Crippen MR) is 36.4 cm³/mol. The number of benzene rings is 1. The maximum absolute atomic E-state index is 12.7. The second kappa shape index (κ2) is 3.32. The monoisotopic (exact) mass is 157 g/mol. The minimum atomic E-state index is -0.717. The molecule has 1 aromatic rings. The number of halogens is 2. The molecule has 1 rings (SSSR count). The Morgan fingerprint density at radius 3 is 2.82 bits per heavy atom. The van der Waals surface area contributed by atoms with E-state index in [2.05, 4.69) is 6.07 Å². The van der Waals surface area contributed by atoms with Crippen molar-refractivity contribution in [2.24, 2.45) is 0 Å². The van der Waals surface area contributed by atoms with Crippen LogP contribution in [0.4, 0.5) is 8.78 Å². The molecule has 0 aromatic heterocycles. The largest absolute Gasteiger partial charge is 0.491 e. The Bertz CT molecular complexity index is 248. The van der Waals surface area contributed by atoms with Crippen molar-refractivity contribution in [1.82, 2.24) is 0 Å². The molecular formula is C8H7F2O. The van der Waals surface area contributed by atoms with Crippen LogP contribution in [0.1, 0.15) is 6.92 Å². The van der Waals surface area contributed by atoms with Crippen LogP contribution < -0.4 is 4.74 Å². The molecule has 0 N–H and O–H groups in total. The van der Waals surface area contributed by atoms with Gasteiger partial charge in [0.25, 0.3) is 0 Å². The molecule has 0 aliphatic carbocycles. The van der Waals surface area contributed by atoms with Crippen LogP contribution in [0, 0.1) is 17.7 Å². The van der Waals surface area contributed by atoms with Gasteiger partial charge in [-0.15, -0.1) is 0 Å². The zero-order valence-electron chi connectivity index (χ0n) is 6.03. The van der Waals surface area contributed by atoms with E-state index in [9.17, 15) is 8.78 Å². The fraction of sp³-hybridized carbons (Fsp3) is 0.250. The number of ether oxygens (including phenoxy) is 1. The van der Waals surface area contributed by atoms with Crippen LogP contribution in [0.2, 0.25) is 0 Å². The Hall–Kier alpha value is -1.12. The molecule has 0 bridgehead atoms. The minimum Gasteiger partial charge on any atom is -0.491 e. The lowest BCUT2D eigenvalue weighted by atomic mass is 10.3. The lowest BCUT2D eigenvalue weighted by molar-refractivity contribution is 0.320. The number of hydrogen-bond acceptors (Lipinski definition) is 1.